The van der Waals surface area contributed by atoms with Crippen molar-refractivity contribution in [3.05, 3.63) is 29.3 Å². The van der Waals surface area contributed by atoms with Gasteiger partial charge in [-0.1, -0.05) is 12.5 Å². The first-order valence-corrected chi connectivity index (χ1v) is 11.8. The number of carbonyl (C=O) groups excluding carboxylic acids is 2. The second kappa shape index (κ2) is 7.51. The van der Waals surface area contributed by atoms with Crippen molar-refractivity contribution in [1.82, 2.24) is 10.2 Å². The van der Waals surface area contributed by atoms with E-state index >= 15 is 0 Å². The molecule has 2 spiro atoms. The molecule has 3 aliphatic carbocycles. The first-order chi connectivity index (χ1) is 14.9. The molecule has 0 bridgehead atoms. The summed E-state index contributed by atoms with van der Waals surface area (Å²) in [5.74, 6) is 1.35. The highest BCUT2D eigenvalue weighted by Gasteiger charge is 2.68. The predicted octanol–water partition coefficient (Wildman–Crippen LogP) is 4.15. The SMILES string of the molecule is CO[C@H]1CC[C@]2(CC1)Cc1ccc(OCC3CCC3)cc1C21NC(=O)N(C(C)C)C1=O. The molecule has 3 fully saturated rings. The van der Waals surface area contributed by atoms with Gasteiger partial charge in [0, 0.05) is 18.6 Å². The number of ether oxygens (including phenoxy) is 2. The number of nitrogens with zero attached hydrogens (tertiary/aromatic N) is 1. The molecule has 1 atom stereocenters. The summed E-state index contributed by atoms with van der Waals surface area (Å²) in [6.45, 7) is 4.53. The van der Waals surface area contributed by atoms with Gasteiger partial charge >= 0.3 is 6.03 Å². The molecule has 5 rings (SSSR count). The van der Waals surface area contributed by atoms with Crippen LogP contribution in [0.1, 0.15) is 69.9 Å². The van der Waals surface area contributed by atoms with Crippen molar-refractivity contribution in [2.24, 2.45) is 11.3 Å². The number of hydrogen-bond donors (Lipinski definition) is 1. The Balaban J connectivity index is 1.55. The Morgan fingerprint density at radius 2 is 1.90 bits per heavy atom. The first kappa shape index (κ1) is 20.8. The molecule has 1 aliphatic heterocycles. The van der Waals surface area contributed by atoms with E-state index in [1.807, 2.05) is 26.0 Å². The van der Waals surface area contributed by atoms with Gasteiger partial charge in [0.2, 0.25) is 0 Å². The van der Waals surface area contributed by atoms with Gasteiger partial charge in [-0.3, -0.25) is 9.69 Å². The molecular weight excluding hydrogens is 392 g/mol. The van der Waals surface area contributed by atoms with Crippen molar-refractivity contribution < 1.29 is 19.1 Å². The molecule has 6 heteroatoms. The summed E-state index contributed by atoms with van der Waals surface area (Å²) in [6, 6.07) is 5.73. The number of amides is 3. The van der Waals surface area contributed by atoms with Crippen molar-refractivity contribution in [2.75, 3.05) is 13.7 Å². The zero-order valence-electron chi connectivity index (χ0n) is 18.9. The van der Waals surface area contributed by atoms with Gasteiger partial charge in [-0.05, 0) is 88.0 Å². The lowest BCUT2D eigenvalue weighted by molar-refractivity contribution is -0.139. The molecule has 31 heavy (non-hydrogen) atoms. The molecule has 1 unspecified atom stereocenters. The van der Waals surface area contributed by atoms with E-state index in [1.54, 1.807) is 7.11 Å². The second-order valence-corrected chi connectivity index (χ2v) is 10.3. The van der Waals surface area contributed by atoms with Crippen molar-refractivity contribution in [3.8, 4) is 5.75 Å². The Labute approximate surface area is 184 Å². The second-order valence-electron chi connectivity index (χ2n) is 10.3. The monoisotopic (exact) mass is 426 g/mol. The van der Waals surface area contributed by atoms with E-state index in [2.05, 4.69) is 11.4 Å². The molecule has 1 aromatic rings. The molecule has 1 aromatic carbocycles. The molecule has 1 heterocycles. The molecule has 1 saturated heterocycles. The Morgan fingerprint density at radius 3 is 2.48 bits per heavy atom. The number of hydrogen-bond acceptors (Lipinski definition) is 4. The molecular formula is C25H34N2O4. The molecule has 0 aromatic heterocycles. The van der Waals surface area contributed by atoms with Crippen LogP contribution in [0.4, 0.5) is 4.79 Å². The van der Waals surface area contributed by atoms with Gasteiger partial charge in [0.1, 0.15) is 5.75 Å². The van der Waals surface area contributed by atoms with Gasteiger partial charge < -0.3 is 14.8 Å². The van der Waals surface area contributed by atoms with Gasteiger partial charge in [0.15, 0.2) is 5.54 Å². The van der Waals surface area contributed by atoms with Crippen molar-refractivity contribution in [2.45, 2.75) is 82.9 Å². The average Bonchev–Trinajstić information content (AvgIpc) is 3.13. The van der Waals surface area contributed by atoms with Crippen molar-refractivity contribution in [1.29, 1.82) is 0 Å². The van der Waals surface area contributed by atoms with Crippen LogP contribution in [-0.2, 0) is 21.5 Å². The topological polar surface area (TPSA) is 67.9 Å². The Bertz CT molecular complexity index is 886. The summed E-state index contributed by atoms with van der Waals surface area (Å²) < 4.78 is 11.7. The minimum atomic E-state index is -1.00. The van der Waals surface area contributed by atoms with E-state index in [4.69, 9.17) is 9.47 Å². The lowest BCUT2D eigenvalue weighted by Gasteiger charge is -2.46. The summed E-state index contributed by atoms with van der Waals surface area (Å²) >= 11 is 0. The summed E-state index contributed by atoms with van der Waals surface area (Å²) in [4.78, 5) is 28.4. The summed E-state index contributed by atoms with van der Waals surface area (Å²) in [7, 11) is 1.76. The number of benzene rings is 1. The van der Waals surface area contributed by atoms with Crippen LogP contribution in [-0.4, -0.2) is 42.7 Å². The molecule has 1 N–H and O–H groups in total. The van der Waals surface area contributed by atoms with Crippen LogP contribution in [0.25, 0.3) is 0 Å². The molecule has 168 valence electrons. The maximum absolute atomic E-state index is 14.0. The normalized spacial score (nSPS) is 32.6. The van der Waals surface area contributed by atoms with Gasteiger partial charge in [0.25, 0.3) is 5.91 Å². The summed E-state index contributed by atoms with van der Waals surface area (Å²) in [5, 5.41) is 3.22. The Morgan fingerprint density at radius 1 is 1.16 bits per heavy atom. The highest BCUT2D eigenvalue weighted by Crippen LogP contribution is 2.60. The Hall–Kier alpha value is -2.08. The fourth-order valence-electron chi connectivity index (χ4n) is 6.29. The predicted molar refractivity (Wildman–Crippen MR) is 117 cm³/mol. The fraction of sp³-hybridized carbons (Fsp3) is 0.680. The third kappa shape index (κ3) is 3.01. The number of urea groups is 1. The number of methoxy groups -OCH3 is 1. The molecule has 6 nitrogen and oxygen atoms in total. The minimum absolute atomic E-state index is 0.0988. The van der Waals surface area contributed by atoms with E-state index in [-0.39, 0.29) is 29.5 Å². The smallest absolute Gasteiger partial charge is 0.325 e. The van der Waals surface area contributed by atoms with Crippen molar-refractivity contribution in [3.63, 3.8) is 0 Å². The minimum Gasteiger partial charge on any atom is -0.493 e. The average molecular weight is 427 g/mol. The highest BCUT2D eigenvalue weighted by molar-refractivity contribution is 6.09. The van der Waals surface area contributed by atoms with E-state index in [1.165, 1.54) is 24.2 Å². The maximum Gasteiger partial charge on any atom is 0.325 e. The van der Waals surface area contributed by atoms with Crippen molar-refractivity contribution >= 4 is 11.9 Å². The number of imide groups is 1. The zero-order chi connectivity index (χ0) is 21.8. The molecule has 3 amide bonds. The van der Waals surface area contributed by atoms with Crippen LogP contribution >= 0.6 is 0 Å². The van der Waals surface area contributed by atoms with Crippen LogP contribution in [0.5, 0.6) is 5.75 Å². The van der Waals surface area contributed by atoms with Gasteiger partial charge in [-0.15, -0.1) is 0 Å². The molecule has 4 aliphatic rings. The van der Waals surface area contributed by atoms with Crippen LogP contribution in [0.2, 0.25) is 0 Å². The number of nitrogens with one attached hydrogen (secondary N) is 1. The third-order valence-electron chi connectivity index (χ3n) is 8.31. The molecule has 0 radical (unpaired) electrons. The molecule has 2 saturated carbocycles. The largest absolute Gasteiger partial charge is 0.493 e. The number of rotatable bonds is 5. The van der Waals surface area contributed by atoms with Gasteiger partial charge in [0.05, 0.1) is 12.7 Å². The summed E-state index contributed by atoms with van der Waals surface area (Å²) in [6.07, 6.45) is 8.31. The standard InChI is InChI=1S/C25H34N2O4/c1-16(2)27-22(28)25(26-23(27)29)21-13-20(31-15-17-5-4-6-17)8-7-18(21)14-24(25)11-9-19(30-3)10-12-24/h7-8,13,16-17,19H,4-6,9-12,14-15H2,1-3H3,(H,26,29)/t19-,24-,25?. The lowest BCUT2D eigenvalue weighted by atomic mass is 9.61. The van der Waals surface area contributed by atoms with E-state index < -0.39 is 5.54 Å². The quantitative estimate of drug-likeness (QED) is 0.718. The number of carbonyl (C=O) groups is 2. The van der Waals surface area contributed by atoms with E-state index in [0.29, 0.717) is 5.92 Å². The summed E-state index contributed by atoms with van der Waals surface area (Å²) in [5.41, 5.74) is 0.785. The third-order valence-corrected chi connectivity index (χ3v) is 8.31. The van der Waals surface area contributed by atoms with E-state index in [9.17, 15) is 9.59 Å². The van der Waals surface area contributed by atoms with Crippen LogP contribution in [0.3, 0.4) is 0 Å². The maximum atomic E-state index is 14.0. The highest BCUT2D eigenvalue weighted by atomic mass is 16.5. The zero-order valence-corrected chi connectivity index (χ0v) is 18.9. The van der Waals surface area contributed by atoms with Crippen LogP contribution in [0.15, 0.2) is 18.2 Å². The fourth-order valence-corrected chi connectivity index (χ4v) is 6.29. The van der Waals surface area contributed by atoms with Gasteiger partial charge in [-0.25, -0.2) is 4.79 Å². The van der Waals surface area contributed by atoms with E-state index in [0.717, 1.165) is 55.6 Å². The Kier molecular flexibility index (Phi) is 5.04. The lowest BCUT2D eigenvalue weighted by Crippen LogP contribution is -2.57. The van der Waals surface area contributed by atoms with Crippen LogP contribution in [0, 0.1) is 11.3 Å². The number of fused-ring (bicyclic) bond motifs is 3. The first-order valence-electron chi connectivity index (χ1n) is 11.8. The van der Waals surface area contributed by atoms with Crippen LogP contribution < -0.4 is 10.1 Å². The van der Waals surface area contributed by atoms with Gasteiger partial charge in [-0.2, -0.15) is 0 Å².